The number of furan rings is 1. The zero-order valence-corrected chi connectivity index (χ0v) is 15.7. The Kier molecular flexibility index (Phi) is 4.93. The van der Waals surface area contributed by atoms with Gasteiger partial charge in [0, 0.05) is 31.7 Å². The van der Waals surface area contributed by atoms with E-state index in [4.69, 9.17) is 4.42 Å². The number of amides is 2. The second kappa shape index (κ2) is 7.68. The molecule has 6 heteroatoms. The summed E-state index contributed by atoms with van der Waals surface area (Å²) in [5, 5.41) is 0. The molecule has 3 aromatic rings. The van der Waals surface area contributed by atoms with E-state index in [2.05, 4.69) is 4.98 Å². The summed E-state index contributed by atoms with van der Waals surface area (Å²) < 4.78 is 4.98. The minimum atomic E-state index is -0.0640. The highest BCUT2D eigenvalue weighted by Crippen LogP contribution is 2.20. The van der Waals surface area contributed by atoms with E-state index in [9.17, 15) is 9.59 Å². The van der Waals surface area contributed by atoms with Crippen LogP contribution in [0.1, 0.15) is 26.4 Å². The van der Waals surface area contributed by atoms with Gasteiger partial charge in [-0.05, 0) is 25.1 Å². The van der Waals surface area contributed by atoms with Gasteiger partial charge < -0.3 is 14.2 Å². The largest absolute Gasteiger partial charge is 0.472 e. The first kappa shape index (κ1) is 18.0. The van der Waals surface area contributed by atoms with Gasteiger partial charge in [0.2, 0.25) is 0 Å². The molecule has 1 aliphatic heterocycles. The Morgan fingerprint density at radius 3 is 2.18 bits per heavy atom. The van der Waals surface area contributed by atoms with Crippen LogP contribution in [0.5, 0.6) is 0 Å². The molecule has 1 saturated heterocycles. The molecule has 1 aliphatic rings. The number of carbonyl (C=O) groups is 2. The molecule has 0 N–H and O–H groups in total. The van der Waals surface area contributed by atoms with Gasteiger partial charge in [-0.15, -0.1) is 0 Å². The standard InChI is InChI=1S/C22H21N3O3/c1-16-19(7-8-20(23-16)17-5-3-2-4-6-17)22(27)25-12-10-24(11-13-25)21(26)18-9-14-28-15-18/h2-9,14-15H,10-13H2,1H3. The topological polar surface area (TPSA) is 66.7 Å². The predicted molar refractivity (Wildman–Crippen MR) is 105 cm³/mol. The van der Waals surface area contributed by atoms with Crippen molar-refractivity contribution >= 4 is 11.8 Å². The number of carbonyl (C=O) groups excluding carboxylic acids is 2. The molecule has 6 nitrogen and oxygen atoms in total. The van der Waals surface area contributed by atoms with E-state index in [0.29, 0.717) is 43.0 Å². The Morgan fingerprint density at radius 1 is 0.893 bits per heavy atom. The molecule has 1 aromatic carbocycles. The number of piperazine rings is 1. The van der Waals surface area contributed by atoms with Gasteiger partial charge >= 0.3 is 0 Å². The molecule has 0 radical (unpaired) electrons. The van der Waals surface area contributed by atoms with Crippen LogP contribution in [-0.4, -0.2) is 52.8 Å². The highest BCUT2D eigenvalue weighted by atomic mass is 16.3. The molecule has 0 spiro atoms. The number of pyridine rings is 1. The van der Waals surface area contributed by atoms with Gasteiger partial charge in [0.15, 0.2) is 0 Å². The molecule has 2 amide bonds. The summed E-state index contributed by atoms with van der Waals surface area (Å²) in [7, 11) is 0. The third kappa shape index (κ3) is 3.53. The lowest BCUT2D eigenvalue weighted by atomic mass is 10.1. The van der Waals surface area contributed by atoms with Crippen LogP contribution in [0.15, 0.2) is 65.5 Å². The van der Waals surface area contributed by atoms with E-state index >= 15 is 0 Å². The van der Waals surface area contributed by atoms with Gasteiger partial charge in [-0.3, -0.25) is 14.6 Å². The number of hydrogen-bond acceptors (Lipinski definition) is 4. The van der Waals surface area contributed by atoms with Crippen molar-refractivity contribution in [3.8, 4) is 11.3 Å². The molecule has 0 aliphatic carbocycles. The summed E-state index contributed by atoms with van der Waals surface area (Å²) in [4.78, 5) is 33.5. The first-order valence-electron chi connectivity index (χ1n) is 9.27. The van der Waals surface area contributed by atoms with Crippen molar-refractivity contribution in [2.45, 2.75) is 6.92 Å². The van der Waals surface area contributed by atoms with Gasteiger partial charge in [-0.25, -0.2) is 0 Å². The molecule has 1 fully saturated rings. The summed E-state index contributed by atoms with van der Waals surface area (Å²) in [6.07, 6.45) is 2.94. The van der Waals surface area contributed by atoms with Crippen LogP contribution in [0.2, 0.25) is 0 Å². The van der Waals surface area contributed by atoms with Crippen LogP contribution in [0, 0.1) is 6.92 Å². The minimum absolute atomic E-state index is 0.0416. The Bertz CT molecular complexity index is 976. The molecule has 0 unspecified atom stereocenters. The van der Waals surface area contributed by atoms with Crippen LogP contribution >= 0.6 is 0 Å². The lowest BCUT2D eigenvalue weighted by Gasteiger charge is -2.34. The fraction of sp³-hybridized carbons (Fsp3) is 0.227. The van der Waals surface area contributed by atoms with E-state index in [0.717, 1.165) is 11.3 Å². The van der Waals surface area contributed by atoms with Crippen molar-refractivity contribution in [2.75, 3.05) is 26.2 Å². The molecule has 0 bridgehead atoms. The van der Waals surface area contributed by atoms with Crippen molar-refractivity contribution in [1.82, 2.24) is 14.8 Å². The van der Waals surface area contributed by atoms with E-state index in [1.807, 2.05) is 49.4 Å². The molecule has 0 saturated carbocycles. The maximum Gasteiger partial charge on any atom is 0.257 e. The first-order valence-corrected chi connectivity index (χ1v) is 9.27. The van der Waals surface area contributed by atoms with Gasteiger partial charge in [0.1, 0.15) is 6.26 Å². The molecule has 0 atom stereocenters. The molecular weight excluding hydrogens is 354 g/mol. The van der Waals surface area contributed by atoms with E-state index < -0.39 is 0 Å². The fourth-order valence-corrected chi connectivity index (χ4v) is 3.41. The minimum Gasteiger partial charge on any atom is -0.472 e. The van der Waals surface area contributed by atoms with Gasteiger partial charge in [-0.2, -0.15) is 0 Å². The zero-order chi connectivity index (χ0) is 19.5. The van der Waals surface area contributed by atoms with Crippen LogP contribution in [0.4, 0.5) is 0 Å². The third-order valence-electron chi connectivity index (χ3n) is 5.01. The molecule has 28 heavy (non-hydrogen) atoms. The predicted octanol–water partition coefficient (Wildman–Crippen LogP) is 3.25. The highest BCUT2D eigenvalue weighted by molar-refractivity contribution is 5.96. The Morgan fingerprint density at radius 2 is 1.57 bits per heavy atom. The summed E-state index contributed by atoms with van der Waals surface area (Å²) in [6.45, 7) is 3.87. The van der Waals surface area contributed by atoms with E-state index in [1.54, 1.807) is 15.9 Å². The SMILES string of the molecule is Cc1nc(-c2ccccc2)ccc1C(=O)N1CCN(C(=O)c2ccoc2)CC1. The number of benzene rings is 1. The van der Waals surface area contributed by atoms with Crippen LogP contribution in [0.25, 0.3) is 11.3 Å². The maximum absolute atomic E-state index is 12.9. The van der Waals surface area contributed by atoms with Crippen molar-refractivity contribution in [3.05, 3.63) is 77.9 Å². The number of hydrogen-bond donors (Lipinski definition) is 0. The lowest BCUT2D eigenvalue weighted by molar-refractivity contribution is 0.0534. The number of rotatable bonds is 3. The summed E-state index contributed by atoms with van der Waals surface area (Å²) >= 11 is 0. The van der Waals surface area contributed by atoms with E-state index in [-0.39, 0.29) is 11.8 Å². The Labute approximate surface area is 163 Å². The fourth-order valence-electron chi connectivity index (χ4n) is 3.41. The van der Waals surface area contributed by atoms with Crippen LogP contribution < -0.4 is 0 Å². The number of aromatic nitrogens is 1. The average molecular weight is 375 g/mol. The zero-order valence-electron chi connectivity index (χ0n) is 15.7. The van der Waals surface area contributed by atoms with Gasteiger partial charge in [-0.1, -0.05) is 30.3 Å². The van der Waals surface area contributed by atoms with E-state index in [1.165, 1.54) is 12.5 Å². The molecule has 2 aromatic heterocycles. The Hall–Kier alpha value is -3.41. The quantitative estimate of drug-likeness (QED) is 0.705. The Balaban J connectivity index is 1.43. The first-order chi connectivity index (χ1) is 13.6. The third-order valence-corrected chi connectivity index (χ3v) is 5.01. The van der Waals surface area contributed by atoms with Crippen molar-refractivity contribution in [3.63, 3.8) is 0 Å². The van der Waals surface area contributed by atoms with Crippen LogP contribution in [-0.2, 0) is 0 Å². The normalized spacial score (nSPS) is 14.2. The number of nitrogens with zero attached hydrogens (tertiary/aromatic N) is 3. The van der Waals surface area contributed by atoms with Crippen molar-refractivity contribution in [2.24, 2.45) is 0 Å². The second-order valence-corrected chi connectivity index (χ2v) is 6.79. The number of aryl methyl sites for hydroxylation is 1. The molecular formula is C22H21N3O3. The maximum atomic E-state index is 12.9. The van der Waals surface area contributed by atoms with Gasteiger partial charge in [0.25, 0.3) is 11.8 Å². The van der Waals surface area contributed by atoms with Crippen molar-refractivity contribution < 1.29 is 14.0 Å². The van der Waals surface area contributed by atoms with Gasteiger partial charge in [0.05, 0.1) is 28.8 Å². The van der Waals surface area contributed by atoms with Crippen molar-refractivity contribution in [1.29, 1.82) is 0 Å². The summed E-state index contributed by atoms with van der Waals surface area (Å²) in [5.41, 5.74) is 3.73. The summed E-state index contributed by atoms with van der Waals surface area (Å²) in [5.74, 6) is -0.106. The molecule has 4 rings (SSSR count). The summed E-state index contributed by atoms with van der Waals surface area (Å²) in [6, 6.07) is 15.3. The highest BCUT2D eigenvalue weighted by Gasteiger charge is 2.26. The monoisotopic (exact) mass is 375 g/mol. The molecule has 142 valence electrons. The molecule has 3 heterocycles. The second-order valence-electron chi connectivity index (χ2n) is 6.79. The smallest absolute Gasteiger partial charge is 0.257 e. The van der Waals surface area contributed by atoms with Crippen LogP contribution in [0.3, 0.4) is 0 Å². The average Bonchev–Trinajstić information content (AvgIpc) is 3.28. The lowest BCUT2D eigenvalue weighted by Crippen LogP contribution is -2.50.